The summed E-state index contributed by atoms with van der Waals surface area (Å²) >= 11 is 0. The van der Waals surface area contributed by atoms with E-state index in [9.17, 15) is 0 Å². The van der Waals surface area contributed by atoms with E-state index in [1.807, 2.05) is 6.20 Å². The zero-order chi connectivity index (χ0) is 14.6. The molecule has 0 radical (unpaired) electrons. The van der Waals surface area contributed by atoms with Crippen molar-refractivity contribution in [2.75, 3.05) is 32.8 Å². The van der Waals surface area contributed by atoms with Crippen molar-refractivity contribution in [3.05, 3.63) is 17.5 Å². The van der Waals surface area contributed by atoms with Crippen LogP contribution in [0.2, 0.25) is 0 Å². The fourth-order valence-corrected chi connectivity index (χ4v) is 2.65. The van der Waals surface area contributed by atoms with Gasteiger partial charge in [-0.25, -0.2) is 0 Å². The Labute approximate surface area is 122 Å². The van der Waals surface area contributed by atoms with Crippen LogP contribution < -0.4 is 5.32 Å². The first kappa shape index (κ1) is 15.5. The van der Waals surface area contributed by atoms with Crippen molar-refractivity contribution in [3.63, 3.8) is 0 Å². The third kappa shape index (κ3) is 4.04. The van der Waals surface area contributed by atoms with Crippen LogP contribution in [0.15, 0.2) is 6.20 Å². The lowest BCUT2D eigenvalue weighted by Gasteiger charge is -2.32. The highest BCUT2D eigenvalue weighted by Crippen LogP contribution is 2.23. The minimum Gasteiger partial charge on any atom is -0.374 e. The van der Waals surface area contributed by atoms with Crippen LogP contribution in [0, 0.1) is 0 Å². The molecule has 0 unspecified atom stereocenters. The Hall–Kier alpha value is -0.910. The lowest BCUT2D eigenvalue weighted by molar-refractivity contribution is -0.0253. The smallest absolute Gasteiger partial charge is 0.0826 e. The Bertz CT molecular complexity index is 410. The van der Waals surface area contributed by atoms with Crippen LogP contribution in [-0.2, 0) is 16.7 Å². The number of likely N-dealkylation sites (N-methyl/N-ethyl adjacent to an activating group) is 1. The number of nitrogens with one attached hydrogen (secondary N) is 2. The summed E-state index contributed by atoms with van der Waals surface area (Å²) in [5.41, 5.74) is 2.57. The van der Waals surface area contributed by atoms with Crippen molar-refractivity contribution >= 4 is 0 Å². The SMILES string of the molecule is CCN1CCO[C@@H](CNCc2cn[nH]c2C(C)(C)C)C1. The first-order valence-corrected chi connectivity index (χ1v) is 7.58. The fourth-order valence-electron chi connectivity index (χ4n) is 2.65. The van der Waals surface area contributed by atoms with Gasteiger partial charge in [-0.3, -0.25) is 10.00 Å². The van der Waals surface area contributed by atoms with Gasteiger partial charge < -0.3 is 10.1 Å². The number of hydrogen-bond donors (Lipinski definition) is 2. The summed E-state index contributed by atoms with van der Waals surface area (Å²) in [6, 6.07) is 0. The van der Waals surface area contributed by atoms with Gasteiger partial charge in [-0.2, -0.15) is 5.10 Å². The predicted molar refractivity (Wildman–Crippen MR) is 80.8 cm³/mol. The van der Waals surface area contributed by atoms with Crippen LogP contribution in [0.5, 0.6) is 0 Å². The molecule has 0 bridgehead atoms. The third-order valence-corrected chi connectivity index (χ3v) is 3.83. The number of aromatic amines is 1. The Morgan fingerprint density at radius 2 is 2.30 bits per heavy atom. The highest BCUT2D eigenvalue weighted by Gasteiger charge is 2.21. The highest BCUT2D eigenvalue weighted by molar-refractivity contribution is 5.23. The van der Waals surface area contributed by atoms with Gasteiger partial charge in [0.05, 0.1) is 18.9 Å². The summed E-state index contributed by atoms with van der Waals surface area (Å²) in [7, 11) is 0. The summed E-state index contributed by atoms with van der Waals surface area (Å²) in [6.07, 6.45) is 2.22. The van der Waals surface area contributed by atoms with E-state index in [4.69, 9.17) is 4.74 Å². The second-order valence-corrected chi connectivity index (χ2v) is 6.54. The molecule has 1 aromatic heterocycles. The van der Waals surface area contributed by atoms with E-state index in [2.05, 4.69) is 48.1 Å². The molecule has 1 saturated heterocycles. The van der Waals surface area contributed by atoms with E-state index in [0.717, 1.165) is 39.3 Å². The van der Waals surface area contributed by atoms with Crippen LogP contribution in [0.4, 0.5) is 0 Å². The monoisotopic (exact) mass is 280 g/mol. The molecule has 20 heavy (non-hydrogen) atoms. The summed E-state index contributed by atoms with van der Waals surface area (Å²) in [5, 5.41) is 10.8. The molecular weight excluding hydrogens is 252 g/mol. The van der Waals surface area contributed by atoms with Gasteiger partial charge in [0.15, 0.2) is 0 Å². The van der Waals surface area contributed by atoms with Crippen molar-refractivity contribution in [1.29, 1.82) is 0 Å². The number of hydrogen-bond acceptors (Lipinski definition) is 4. The molecule has 0 amide bonds. The van der Waals surface area contributed by atoms with Crippen molar-refractivity contribution < 1.29 is 4.74 Å². The lowest BCUT2D eigenvalue weighted by Crippen LogP contribution is -2.46. The maximum atomic E-state index is 5.80. The number of nitrogens with zero attached hydrogens (tertiary/aromatic N) is 2. The summed E-state index contributed by atoms with van der Waals surface area (Å²) < 4.78 is 5.80. The maximum Gasteiger partial charge on any atom is 0.0826 e. The molecule has 1 aromatic rings. The fraction of sp³-hybridized carbons (Fsp3) is 0.800. The zero-order valence-corrected chi connectivity index (χ0v) is 13.2. The minimum absolute atomic E-state index is 0.105. The Kier molecular flexibility index (Phi) is 5.18. The van der Waals surface area contributed by atoms with Gasteiger partial charge in [-0.05, 0) is 6.54 Å². The molecule has 0 aliphatic carbocycles. The second kappa shape index (κ2) is 6.70. The molecule has 2 N–H and O–H groups in total. The first-order chi connectivity index (χ1) is 9.50. The standard InChI is InChI=1S/C15H28N4O/c1-5-19-6-7-20-13(11-19)10-16-8-12-9-17-18-14(12)15(2,3)4/h9,13,16H,5-8,10-11H2,1-4H3,(H,17,18)/t13-/m0/s1. The van der Waals surface area contributed by atoms with Crippen molar-refractivity contribution in [1.82, 2.24) is 20.4 Å². The molecular formula is C15H28N4O. The van der Waals surface area contributed by atoms with Crippen LogP contribution in [0.3, 0.4) is 0 Å². The average molecular weight is 280 g/mol. The minimum atomic E-state index is 0.105. The van der Waals surface area contributed by atoms with E-state index in [0.29, 0.717) is 6.10 Å². The number of morpholine rings is 1. The summed E-state index contributed by atoms with van der Waals surface area (Å²) in [6.45, 7) is 14.6. The van der Waals surface area contributed by atoms with Gasteiger partial charge in [-0.15, -0.1) is 0 Å². The van der Waals surface area contributed by atoms with Gasteiger partial charge >= 0.3 is 0 Å². The second-order valence-electron chi connectivity index (χ2n) is 6.54. The highest BCUT2D eigenvalue weighted by atomic mass is 16.5. The quantitative estimate of drug-likeness (QED) is 0.858. The number of ether oxygens (including phenoxy) is 1. The average Bonchev–Trinajstić information content (AvgIpc) is 2.87. The molecule has 1 fully saturated rings. The normalized spacial score (nSPS) is 21.3. The molecule has 0 saturated carbocycles. The van der Waals surface area contributed by atoms with Gasteiger partial charge in [0.2, 0.25) is 0 Å². The first-order valence-electron chi connectivity index (χ1n) is 7.58. The lowest BCUT2D eigenvalue weighted by atomic mass is 9.89. The van der Waals surface area contributed by atoms with E-state index < -0.39 is 0 Å². The molecule has 1 aliphatic rings. The van der Waals surface area contributed by atoms with Gasteiger partial charge in [0, 0.05) is 42.9 Å². The molecule has 5 heteroatoms. The van der Waals surface area contributed by atoms with E-state index in [-0.39, 0.29) is 5.41 Å². The molecule has 2 rings (SSSR count). The summed E-state index contributed by atoms with van der Waals surface area (Å²) in [4.78, 5) is 2.44. The van der Waals surface area contributed by atoms with Crippen molar-refractivity contribution in [3.8, 4) is 0 Å². The Balaban J connectivity index is 1.80. The van der Waals surface area contributed by atoms with Crippen molar-refractivity contribution in [2.24, 2.45) is 0 Å². The van der Waals surface area contributed by atoms with Crippen molar-refractivity contribution in [2.45, 2.75) is 45.8 Å². The van der Waals surface area contributed by atoms with Crippen LogP contribution >= 0.6 is 0 Å². The number of H-pyrrole nitrogens is 1. The molecule has 5 nitrogen and oxygen atoms in total. The topological polar surface area (TPSA) is 53.2 Å². The largest absolute Gasteiger partial charge is 0.374 e. The molecule has 0 aromatic carbocycles. The summed E-state index contributed by atoms with van der Waals surface area (Å²) in [5.74, 6) is 0. The van der Waals surface area contributed by atoms with E-state index in [1.165, 1.54) is 11.3 Å². The zero-order valence-electron chi connectivity index (χ0n) is 13.2. The number of rotatable bonds is 5. The molecule has 2 heterocycles. The van der Waals surface area contributed by atoms with Gasteiger partial charge in [-0.1, -0.05) is 27.7 Å². The van der Waals surface area contributed by atoms with Crippen LogP contribution in [0.25, 0.3) is 0 Å². The molecule has 0 spiro atoms. The number of aromatic nitrogens is 2. The van der Waals surface area contributed by atoms with Gasteiger partial charge in [0.1, 0.15) is 0 Å². The molecule has 1 aliphatic heterocycles. The van der Waals surface area contributed by atoms with E-state index >= 15 is 0 Å². The Morgan fingerprint density at radius 3 is 3.00 bits per heavy atom. The molecule has 114 valence electrons. The van der Waals surface area contributed by atoms with Gasteiger partial charge in [0.25, 0.3) is 0 Å². The third-order valence-electron chi connectivity index (χ3n) is 3.83. The maximum absolute atomic E-state index is 5.80. The van der Waals surface area contributed by atoms with Crippen LogP contribution in [-0.4, -0.2) is 54.0 Å². The van der Waals surface area contributed by atoms with E-state index in [1.54, 1.807) is 0 Å². The predicted octanol–water partition coefficient (Wildman–Crippen LogP) is 1.52. The molecule has 1 atom stereocenters. The Morgan fingerprint density at radius 1 is 1.50 bits per heavy atom. The van der Waals surface area contributed by atoms with Crippen LogP contribution in [0.1, 0.15) is 39.0 Å².